The van der Waals surface area contributed by atoms with Gasteiger partial charge in [0.2, 0.25) is 0 Å². The first-order valence-electron chi connectivity index (χ1n) is 3.51. The molecule has 12 heavy (non-hydrogen) atoms. The fraction of sp³-hybridized carbons (Fsp3) is 0.167. The van der Waals surface area contributed by atoms with Crippen molar-refractivity contribution in [1.82, 2.24) is 0 Å². The molecule has 0 aromatic carbocycles. The second-order valence-electron chi connectivity index (χ2n) is 1.68. The third kappa shape index (κ3) is 7.98. The summed E-state index contributed by atoms with van der Waals surface area (Å²) in [6.07, 6.45) is 2.78. The molecule has 56 valence electrons. The summed E-state index contributed by atoms with van der Waals surface area (Å²) < 4.78 is 0. The molecular weight excluding hydrogens is 144 g/mol. The zero-order chi connectivity index (χ0) is 9.07. The first-order valence-corrected chi connectivity index (χ1v) is 3.51. The van der Waals surface area contributed by atoms with E-state index in [4.69, 9.17) is 0 Å². The van der Waals surface area contributed by atoms with Crippen LogP contribution in [0.3, 0.4) is 0 Å². The van der Waals surface area contributed by atoms with Crippen LogP contribution in [0.5, 0.6) is 0 Å². The standard InChI is InChI=1S/C12H8/c1-3-5-7-9-11-12-10-8-6-4-2/h6H,1,4H2,2H3. The summed E-state index contributed by atoms with van der Waals surface area (Å²) in [6.45, 7) is 5.32. The average Bonchev–Trinajstić information content (AvgIpc) is 2.10. The highest BCUT2D eigenvalue weighted by Crippen LogP contribution is 1.71. The van der Waals surface area contributed by atoms with E-state index in [9.17, 15) is 0 Å². The highest BCUT2D eigenvalue weighted by Gasteiger charge is 1.52. The summed E-state index contributed by atoms with van der Waals surface area (Å²) in [5.41, 5.74) is 20.4. The summed E-state index contributed by atoms with van der Waals surface area (Å²) in [4.78, 5) is 0. The molecule has 0 N–H and O–H groups in total. The van der Waals surface area contributed by atoms with E-state index in [2.05, 4.69) is 52.4 Å². The zero-order valence-electron chi connectivity index (χ0n) is 6.99. The van der Waals surface area contributed by atoms with Gasteiger partial charge in [-0.3, -0.25) is 0 Å². The van der Waals surface area contributed by atoms with Gasteiger partial charge in [0.15, 0.2) is 0 Å². The molecule has 0 heteroatoms. The van der Waals surface area contributed by atoms with Crippen molar-refractivity contribution in [2.75, 3.05) is 0 Å². The Bertz CT molecular complexity index is 414. The van der Waals surface area contributed by atoms with Gasteiger partial charge in [-0.2, -0.15) is 0 Å². The third-order valence-electron chi connectivity index (χ3n) is 0.779. The predicted molar refractivity (Wildman–Crippen MR) is 48.6 cm³/mol. The quantitative estimate of drug-likeness (QED) is 0.507. The van der Waals surface area contributed by atoms with E-state index >= 15 is 0 Å². The van der Waals surface area contributed by atoms with Crippen LogP contribution in [-0.2, 0) is 0 Å². The zero-order valence-corrected chi connectivity index (χ0v) is 6.99. The molecule has 0 aromatic rings. The molecule has 0 aromatic heterocycles. The fourth-order valence-corrected chi connectivity index (χ4v) is 0.358. The summed E-state index contributed by atoms with van der Waals surface area (Å²) >= 11 is 0. The number of hydrogen-bond acceptors (Lipinski definition) is 0. The summed E-state index contributed by atoms with van der Waals surface area (Å²) in [5.74, 6) is 0. The number of allylic oxidation sites excluding steroid dienone is 1. The van der Waals surface area contributed by atoms with Crippen LogP contribution in [0.15, 0.2) is 58.5 Å². The van der Waals surface area contributed by atoms with Crippen molar-refractivity contribution in [2.45, 2.75) is 13.3 Å². The van der Waals surface area contributed by atoms with Gasteiger partial charge < -0.3 is 0 Å². The molecule has 0 fully saturated rings. The van der Waals surface area contributed by atoms with Crippen molar-refractivity contribution >= 4 is 0 Å². The molecule has 0 rings (SSSR count). The molecule has 0 atom stereocenters. The average molecular weight is 152 g/mol. The van der Waals surface area contributed by atoms with Gasteiger partial charge in [-0.25, -0.2) is 0 Å². The molecule has 0 amide bonds. The van der Waals surface area contributed by atoms with Gasteiger partial charge in [-0.15, -0.1) is 0 Å². The normalized spacial score (nSPS) is 4.75. The van der Waals surface area contributed by atoms with E-state index in [0.29, 0.717) is 0 Å². The Morgan fingerprint density at radius 3 is 2.17 bits per heavy atom. The topological polar surface area (TPSA) is 0 Å². The van der Waals surface area contributed by atoms with E-state index in [1.165, 1.54) is 0 Å². The number of rotatable bonds is 1. The second-order valence-corrected chi connectivity index (χ2v) is 1.68. The first-order chi connectivity index (χ1) is 5.91. The molecule has 0 aliphatic carbocycles. The lowest BCUT2D eigenvalue weighted by molar-refractivity contribution is 1.23. The Hall–Kier alpha value is -2.02. The fourth-order valence-electron chi connectivity index (χ4n) is 0.358. The Labute approximate surface area is 72.5 Å². The van der Waals surface area contributed by atoms with E-state index < -0.39 is 0 Å². The minimum Gasteiger partial charge on any atom is -0.0687 e. The lowest BCUT2D eigenvalue weighted by Crippen LogP contribution is -1.40. The van der Waals surface area contributed by atoms with Crippen LogP contribution in [0.2, 0.25) is 0 Å². The van der Waals surface area contributed by atoms with Crippen LogP contribution >= 0.6 is 0 Å². The lowest BCUT2D eigenvalue weighted by atomic mass is 10.5. The molecule has 0 saturated carbocycles. The molecular formula is C12H8. The van der Waals surface area contributed by atoms with Crippen molar-refractivity contribution in [3.05, 3.63) is 58.5 Å². The summed E-state index contributed by atoms with van der Waals surface area (Å²) in [6, 6.07) is 0. The van der Waals surface area contributed by atoms with Gasteiger partial charge in [0.1, 0.15) is 0 Å². The van der Waals surface area contributed by atoms with Crippen LogP contribution in [0, 0.1) is 0 Å². The van der Waals surface area contributed by atoms with E-state index in [0.717, 1.165) is 6.42 Å². The Balaban J connectivity index is 5.02. The Morgan fingerprint density at radius 2 is 1.58 bits per heavy atom. The first kappa shape index (κ1) is 9.98. The van der Waals surface area contributed by atoms with Gasteiger partial charge in [0.25, 0.3) is 0 Å². The maximum atomic E-state index is 3.30. The molecule has 0 heterocycles. The predicted octanol–water partition coefficient (Wildman–Crippen LogP) is 2.82. The monoisotopic (exact) mass is 152 g/mol. The smallest absolute Gasteiger partial charge is 0.0000226 e. The van der Waals surface area contributed by atoms with Gasteiger partial charge in [-0.05, 0) is 53.5 Å². The van der Waals surface area contributed by atoms with Crippen molar-refractivity contribution in [2.24, 2.45) is 0 Å². The maximum Gasteiger partial charge on any atom is -0.0000226 e. The molecule has 0 radical (unpaired) electrons. The third-order valence-corrected chi connectivity index (χ3v) is 0.779. The van der Waals surface area contributed by atoms with E-state index in [1.807, 2.05) is 13.0 Å². The number of hydrogen-bond donors (Lipinski definition) is 0. The molecule has 0 aliphatic rings. The Morgan fingerprint density at radius 1 is 1.00 bits per heavy atom. The second kappa shape index (κ2) is 8.98. The van der Waals surface area contributed by atoms with Crippen LogP contribution < -0.4 is 0 Å². The van der Waals surface area contributed by atoms with Gasteiger partial charge in [0.05, 0.1) is 0 Å². The molecule has 0 unspecified atom stereocenters. The summed E-state index contributed by atoms with van der Waals surface area (Å²) in [5, 5.41) is 0. The maximum absolute atomic E-state index is 3.30. The molecule has 0 bridgehead atoms. The van der Waals surface area contributed by atoms with Gasteiger partial charge in [0, 0.05) is 0 Å². The molecule has 0 nitrogen and oxygen atoms in total. The van der Waals surface area contributed by atoms with E-state index in [1.54, 1.807) is 0 Å². The highest BCUT2D eigenvalue weighted by atomic mass is 13.6. The minimum absolute atomic E-state index is 0.938. The lowest BCUT2D eigenvalue weighted by Gasteiger charge is -1.59. The van der Waals surface area contributed by atoms with Gasteiger partial charge >= 0.3 is 0 Å². The SMILES string of the molecule is C=C=C=C=C=C=C=C=C=CCC. The van der Waals surface area contributed by atoms with Crippen LogP contribution in [-0.4, -0.2) is 0 Å². The van der Waals surface area contributed by atoms with Crippen molar-refractivity contribution < 1.29 is 0 Å². The Kier molecular flexibility index (Phi) is 7.47. The van der Waals surface area contributed by atoms with Crippen molar-refractivity contribution in [1.29, 1.82) is 0 Å². The van der Waals surface area contributed by atoms with E-state index in [-0.39, 0.29) is 0 Å². The minimum atomic E-state index is 0.938. The van der Waals surface area contributed by atoms with Crippen molar-refractivity contribution in [3.8, 4) is 0 Å². The molecule has 0 saturated heterocycles. The van der Waals surface area contributed by atoms with Crippen LogP contribution in [0.4, 0.5) is 0 Å². The molecule has 0 spiro atoms. The largest absolute Gasteiger partial charge is 0.0687 e. The van der Waals surface area contributed by atoms with Crippen molar-refractivity contribution in [3.63, 3.8) is 0 Å². The molecule has 0 aliphatic heterocycles. The van der Waals surface area contributed by atoms with Crippen LogP contribution in [0.1, 0.15) is 13.3 Å². The van der Waals surface area contributed by atoms with Gasteiger partial charge in [-0.1, -0.05) is 18.4 Å². The highest BCUT2D eigenvalue weighted by molar-refractivity contribution is 4.89. The summed E-state index contributed by atoms with van der Waals surface area (Å²) in [7, 11) is 0. The van der Waals surface area contributed by atoms with Crippen LogP contribution in [0.25, 0.3) is 0 Å².